The van der Waals surface area contributed by atoms with E-state index in [9.17, 15) is 0 Å². The Morgan fingerprint density at radius 3 is 2.14 bits per heavy atom. The second-order valence-electron chi connectivity index (χ2n) is 6.44. The van der Waals surface area contributed by atoms with Gasteiger partial charge in [-0.05, 0) is 19.3 Å². The van der Waals surface area contributed by atoms with E-state index in [4.69, 9.17) is 5.73 Å². The van der Waals surface area contributed by atoms with Crippen LogP contribution < -0.4 is 5.73 Å². The Hall–Kier alpha value is -0.830. The molecular formula is C19H37N3. The summed E-state index contributed by atoms with van der Waals surface area (Å²) in [5.41, 5.74) is 5.64. The summed E-state index contributed by atoms with van der Waals surface area (Å²) >= 11 is 0. The Morgan fingerprint density at radius 2 is 1.55 bits per heavy atom. The third-order valence-electron chi connectivity index (χ3n) is 4.49. The van der Waals surface area contributed by atoms with Crippen LogP contribution in [0.1, 0.15) is 77.0 Å². The standard InChI is InChI=1S/C19H37N3/c1-2-3-4-5-6-7-8-9-10-11-12-13-14-19-21-16-18-22(19)17-15-20/h2H,1,3-18,20H2. The Morgan fingerprint density at radius 1 is 0.955 bits per heavy atom. The van der Waals surface area contributed by atoms with Crippen LogP contribution in [-0.4, -0.2) is 36.9 Å². The molecule has 0 fully saturated rings. The van der Waals surface area contributed by atoms with E-state index in [1.165, 1.54) is 76.5 Å². The van der Waals surface area contributed by atoms with Gasteiger partial charge in [0.15, 0.2) is 0 Å². The number of amidine groups is 1. The summed E-state index contributed by atoms with van der Waals surface area (Å²) in [5.74, 6) is 1.31. The maximum atomic E-state index is 5.64. The SMILES string of the molecule is C=CCCCCCCCCCCCCC1=NCCN1CCN. The molecule has 1 aliphatic rings. The van der Waals surface area contributed by atoms with Crippen LogP contribution in [0, 0.1) is 0 Å². The molecule has 0 aromatic heterocycles. The van der Waals surface area contributed by atoms with E-state index in [2.05, 4.69) is 16.5 Å². The number of rotatable bonds is 15. The molecule has 3 heteroatoms. The van der Waals surface area contributed by atoms with E-state index in [1.54, 1.807) is 0 Å². The zero-order chi connectivity index (χ0) is 15.9. The minimum atomic E-state index is 0.743. The van der Waals surface area contributed by atoms with Crippen molar-refractivity contribution in [1.29, 1.82) is 0 Å². The number of allylic oxidation sites excluding steroid dienone is 1. The van der Waals surface area contributed by atoms with Gasteiger partial charge in [0.2, 0.25) is 0 Å². The summed E-state index contributed by atoms with van der Waals surface area (Å²) in [6, 6.07) is 0. The lowest BCUT2D eigenvalue weighted by Gasteiger charge is -2.19. The van der Waals surface area contributed by atoms with Crippen LogP contribution in [0.4, 0.5) is 0 Å². The van der Waals surface area contributed by atoms with E-state index in [-0.39, 0.29) is 0 Å². The van der Waals surface area contributed by atoms with Gasteiger partial charge in [-0.15, -0.1) is 6.58 Å². The largest absolute Gasteiger partial charge is 0.357 e. The molecule has 0 spiro atoms. The van der Waals surface area contributed by atoms with Gasteiger partial charge in [0.25, 0.3) is 0 Å². The summed E-state index contributed by atoms with van der Waals surface area (Å²) in [7, 11) is 0. The average Bonchev–Trinajstić information content (AvgIpc) is 2.96. The lowest BCUT2D eigenvalue weighted by molar-refractivity contribution is 0.455. The third-order valence-corrected chi connectivity index (χ3v) is 4.49. The van der Waals surface area contributed by atoms with Crippen molar-refractivity contribution in [2.75, 3.05) is 26.2 Å². The highest BCUT2D eigenvalue weighted by atomic mass is 15.2. The van der Waals surface area contributed by atoms with Gasteiger partial charge in [-0.3, -0.25) is 4.99 Å². The molecule has 22 heavy (non-hydrogen) atoms. The number of nitrogens with two attached hydrogens (primary N) is 1. The zero-order valence-electron chi connectivity index (χ0n) is 14.6. The maximum absolute atomic E-state index is 5.64. The van der Waals surface area contributed by atoms with Crippen LogP contribution in [0.2, 0.25) is 0 Å². The lowest BCUT2D eigenvalue weighted by atomic mass is 10.0. The van der Waals surface area contributed by atoms with E-state index in [1.807, 2.05) is 6.08 Å². The van der Waals surface area contributed by atoms with Crippen molar-refractivity contribution in [2.45, 2.75) is 77.0 Å². The highest BCUT2D eigenvalue weighted by molar-refractivity contribution is 5.83. The van der Waals surface area contributed by atoms with Crippen molar-refractivity contribution in [3.63, 3.8) is 0 Å². The quantitative estimate of drug-likeness (QED) is 0.357. The molecule has 0 atom stereocenters. The first-order chi connectivity index (χ1) is 10.9. The first kappa shape index (κ1) is 19.2. The summed E-state index contributed by atoms with van der Waals surface area (Å²) in [5, 5.41) is 0. The molecule has 0 amide bonds. The average molecular weight is 308 g/mol. The minimum absolute atomic E-state index is 0.743. The lowest BCUT2D eigenvalue weighted by Crippen LogP contribution is -2.32. The molecule has 3 nitrogen and oxygen atoms in total. The second kappa shape index (κ2) is 13.8. The molecule has 1 rings (SSSR count). The molecule has 0 aromatic rings. The molecule has 0 unspecified atom stereocenters. The van der Waals surface area contributed by atoms with E-state index in [0.29, 0.717) is 0 Å². The van der Waals surface area contributed by atoms with E-state index < -0.39 is 0 Å². The van der Waals surface area contributed by atoms with Crippen molar-refractivity contribution < 1.29 is 0 Å². The molecule has 0 bridgehead atoms. The van der Waals surface area contributed by atoms with Crippen molar-refractivity contribution in [2.24, 2.45) is 10.7 Å². The van der Waals surface area contributed by atoms with Crippen LogP contribution in [0.3, 0.4) is 0 Å². The van der Waals surface area contributed by atoms with Crippen molar-refractivity contribution in [3.8, 4) is 0 Å². The van der Waals surface area contributed by atoms with E-state index in [0.717, 1.165) is 32.6 Å². The molecule has 0 aliphatic carbocycles. The number of hydrogen-bond acceptors (Lipinski definition) is 3. The van der Waals surface area contributed by atoms with Crippen molar-refractivity contribution in [1.82, 2.24) is 4.90 Å². The Balaban J connectivity index is 1.83. The molecule has 0 radical (unpaired) electrons. The van der Waals surface area contributed by atoms with Gasteiger partial charge in [-0.25, -0.2) is 0 Å². The number of aliphatic imine (C=N–C) groups is 1. The third kappa shape index (κ3) is 9.24. The van der Waals surface area contributed by atoms with Gasteiger partial charge in [0.1, 0.15) is 0 Å². The van der Waals surface area contributed by atoms with Gasteiger partial charge in [-0.1, -0.05) is 57.4 Å². The summed E-state index contributed by atoms with van der Waals surface area (Å²) in [6.45, 7) is 7.54. The van der Waals surface area contributed by atoms with Crippen LogP contribution >= 0.6 is 0 Å². The predicted molar refractivity (Wildman–Crippen MR) is 98.5 cm³/mol. The van der Waals surface area contributed by atoms with Gasteiger partial charge in [-0.2, -0.15) is 0 Å². The molecule has 2 N–H and O–H groups in total. The number of hydrogen-bond donors (Lipinski definition) is 1. The first-order valence-electron chi connectivity index (χ1n) is 9.47. The Kier molecular flexibility index (Phi) is 12.1. The zero-order valence-corrected chi connectivity index (χ0v) is 14.6. The van der Waals surface area contributed by atoms with Crippen LogP contribution in [0.25, 0.3) is 0 Å². The normalized spacial score (nSPS) is 14.4. The van der Waals surface area contributed by atoms with Crippen LogP contribution in [-0.2, 0) is 0 Å². The second-order valence-corrected chi connectivity index (χ2v) is 6.44. The maximum Gasteiger partial charge on any atom is 0.0990 e. The smallest absolute Gasteiger partial charge is 0.0990 e. The van der Waals surface area contributed by atoms with Crippen molar-refractivity contribution in [3.05, 3.63) is 12.7 Å². The molecule has 0 saturated heterocycles. The molecule has 1 heterocycles. The summed E-state index contributed by atoms with van der Waals surface area (Å²) < 4.78 is 0. The van der Waals surface area contributed by atoms with Crippen LogP contribution in [0.5, 0.6) is 0 Å². The van der Waals surface area contributed by atoms with E-state index >= 15 is 0 Å². The highest BCUT2D eigenvalue weighted by Crippen LogP contribution is 2.13. The molecular weight excluding hydrogens is 270 g/mol. The fraction of sp³-hybridized carbons (Fsp3) is 0.842. The minimum Gasteiger partial charge on any atom is -0.357 e. The number of nitrogens with zero attached hydrogens (tertiary/aromatic N) is 2. The van der Waals surface area contributed by atoms with Gasteiger partial charge in [0, 0.05) is 26.1 Å². The molecule has 0 aromatic carbocycles. The fourth-order valence-corrected chi connectivity index (χ4v) is 3.15. The topological polar surface area (TPSA) is 41.6 Å². The number of unbranched alkanes of at least 4 members (excludes halogenated alkanes) is 10. The molecule has 0 saturated carbocycles. The Bertz CT molecular complexity index is 299. The van der Waals surface area contributed by atoms with Gasteiger partial charge < -0.3 is 10.6 Å². The first-order valence-corrected chi connectivity index (χ1v) is 9.47. The Labute approximate surface area is 138 Å². The highest BCUT2D eigenvalue weighted by Gasteiger charge is 2.14. The van der Waals surface area contributed by atoms with Gasteiger partial charge >= 0.3 is 0 Å². The predicted octanol–water partition coefficient (Wildman–Crippen LogP) is 4.53. The van der Waals surface area contributed by atoms with Gasteiger partial charge in [0.05, 0.1) is 12.4 Å². The van der Waals surface area contributed by atoms with Crippen LogP contribution in [0.15, 0.2) is 17.6 Å². The summed E-state index contributed by atoms with van der Waals surface area (Å²) in [4.78, 5) is 6.97. The molecule has 128 valence electrons. The fourth-order valence-electron chi connectivity index (χ4n) is 3.15. The van der Waals surface area contributed by atoms with Crippen molar-refractivity contribution >= 4 is 5.84 Å². The summed E-state index contributed by atoms with van der Waals surface area (Å²) in [6.07, 6.45) is 18.2. The molecule has 1 aliphatic heterocycles. The monoisotopic (exact) mass is 307 g/mol.